The van der Waals surface area contributed by atoms with Crippen LogP contribution in [0, 0.1) is 5.92 Å². The molecule has 0 aromatic carbocycles. The SMILES string of the molecule is CC(C)COCCNC(=O)CCCCl. The van der Waals surface area contributed by atoms with Crippen molar-refractivity contribution >= 4 is 17.5 Å². The molecule has 0 aromatic rings. The molecule has 0 saturated carbocycles. The molecule has 0 aliphatic heterocycles. The first-order chi connectivity index (χ1) is 6.66. The average Bonchev–Trinajstić information content (AvgIpc) is 2.13. The third-order valence-corrected chi connectivity index (χ3v) is 1.82. The number of ether oxygens (including phenoxy) is 1. The maximum atomic E-state index is 11.1. The van der Waals surface area contributed by atoms with Gasteiger partial charge in [-0.25, -0.2) is 0 Å². The van der Waals surface area contributed by atoms with E-state index < -0.39 is 0 Å². The summed E-state index contributed by atoms with van der Waals surface area (Å²) in [7, 11) is 0. The molecule has 0 radical (unpaired) electrons. The third kappa shape index (κ3) is 9.81. The summed E-state index contributed by atoms with van der Waals surface area (Å²) in [5.74, 6) is 1.14. The van der Waals surface area contributed by atoms with Gasteiger partial charge >= 0.3 is 0 Å². The van der Waals surface area contributed by atoms with E-state index in [-0.39, 0.29) is 5.91 Å². The zero-order valence-corrected chi connectivity index (χ0v) is 9.77. The Balaban J connectivity index is 3.15. The molecule has 1 amide bonds. The van der Waals surface area contributed by atoms with Gasteiger partial charge in [0.1, 0.15) is 0 Å². The second-order valence-electron chi connectivity index (χ2n) is 3.61. The topological polar surface area (TPSA) is 38.3 Å². The minimum absolute atomic E-state index is 0.0544. The molecule has 0 spiro atoms. The van der Waals surface area contributed by atoms with Gasteiger partial charge in [0.25, 0.3) is 0 Å². The quantitative estimate of drug-likeness (QED) is 0.502. The first kappa shape index (κ1) is 13.7. The summed E-state index contributed by atoms with van der Waals surface area (Å²) in [6.45, 7) is 6.12. The second kappa shape index (κ2) is 9.28. The van der Waals surface area contributed by atoms with Crippen molar-refractivity contribution < 1.29 is 9.53 Å². The van der Waals surface area contributed by atoms with E-state index in [4.69, 9.17) is 16.3 Å². The van der Waals surface area contributed by atoms with E-state index in [1.54, 1.807) is 0 Å². The standard InChI is InChI=1S/C10H20ClNO2/c1-9(2)8-14-7-6-12-10(13)4-3-5-11/h9H,3-8H2,1-2H3,(H,12,13). The van der Waals surface area contributed by atoms with Crippen LogP contribution in [0.3, 0.4) is 0 Å². The zero-order valence-electron chi connectivity index (χ0n) is 9.01. The Labute approximate surface area is 91.2 Å². The summed E-state index contributed by atoms with van der Waals surface area (Å²) in [5, 5.41) is 2.77. The van der Waals surface area contributed by atoms with Crippen molar-refractivity contribution in [1.29, 1.82) is 0 Å². The molecule has 0 bridgehead atoms. The molecule has 0 aliphatic carbocycles. The average molecular weight is 222 g/mol. The van der Waals surface area contributed by atoms with Crippen LogP contribution in [0.15, 0.2) is 0 Å². The number of nitrogens with one attached hydrogen (secondary N) is 1. The van der Waals surface area contributed by atoms with Crippen LogP contribution in [0.1, 0.15) is 26.7 Å². The molecule has 0 rings (SSSR count). The van der Waals surface area contributed by atoms with Crippen molar-refractivity contribution in [1.82, 2.24) is 5.32 Å². The first-order valence-corrected chi connectivity index (χ1v) is 5.60. The van der Waals surface area contributed by atoms with Crippen LogP contribution in [0.2, 0.25) is 0 Å². The fourth-order valence-corrected chi connectivity index (χ4v) is 1.03. The monoisotopic (exact) mass is 221 g/mol. The molecule has 0 saturated heterocycles. The first-order valence-electron chi connectivity index (χ1n) is 5.07. The van der Waals surface area contributed by atoms with Gasteiger partial charge in [-0.05, 0) is 12.3 Å². The number of hydrogen-bond donors (Lipinski definition) is 1. The van der Waals surface area contributed by atoms with E-state index in [0.29, 0.717) is 31.4 Å². The van der Waals surface area contributed by atoms with E-state index in [9.17, 15) is 4.79 Å². The van der Waals surface area contributed by atoms with Gasteiger partial charge in [-0.2, -0.15) is 0 Å². The van der Waals surface area contributed by atoms with Gasteiger partial charge in [-0.15, -0.1) is 11.6 Å². The lowest BCUT2D eigenvalue weighted by molar-refractivity contribution is -0.121. The van der Waals surface area contributed by atoms with Gasteiger partial charge in [0, 0.05) is 25.5 Å². The van der Waals surface area contributed by atoms with Crippen molar-refractivity contribution in [2.24, 2.45) is 5.92 Å². The Kier molecular flexibility index (Phi) is 9.10. The van der Waals surface area contributed by atoms with Crippen molar-refractivity contribution in [2.75, 3.05) is 25.6 Å². The highest BCUT2D eigenvalue weighted by Crippen LogP contribution is 1.92. The van der Waals surface area contributed by atoms with Crippen LogP contribution in [-0.2, 0) is 9.53 Å². The number of hydrogen-bond acceptors (Lipinski definition) is 2. The molecular weight excluding hydrogens is 202 g/mol. The smallest absolute Gasteiger partial charge is 0.220 e. The normalized spacial score (nSPS) is 10.6. The fourth-order valence-electron chi connectivity index (χ4n) is 0.897. The lowest BCUT2D eigenvalue weighted by Gasteiger charge is -2.07. The molecule has 14 heavy (non-hydrogen) atoms. The third-order valence-electron chi connectivity index (χ3n) is 1.56. The predicted molar refractivity (Wildman–Crippen MR) is 58.6 cm³/mol. The Morgan fingerprint density at radius 2 is 2.21 bits per heavy atom. The van der Waals surface area contributed by atoms with Crippen molar-refractivity contribution in [3.63, 3.8) is 0 Å². The summed E-state index contributed by atoms with van der Waals surface area (Å²) in [6, 6.07) is 0. The van der Waals surface area contributed by atoms with Crippen LogP contribution in [0.4, 0.5) is 0 Å². The Morgan fingerprint density at radius 1 is 1.50 bits per heavy atom. The number of carbonyl (C=O) groups excluding carboxylic acids is 1. The van der Waals surface area contributed by atoms with E-state index in [1.807, 2.05) is 0 Å². The van der Waals surface area contributed by atoms with Gasteiger partial charge in [-0.1, -0.05) is 13.8 Å². The lowest BCUT2D eigenvalue weighted by atomic mass is 10.2. The Hall–Kier alpha value is -0.280. The van der Waals surface area contributed by atoms with Crippen LogP contribution in [-0.4, -0.2) is 31.5 Å². The summed E-state index contributed by atoms with van der Waals surface area (Å²) >= 11 is 5.46. The molecule has 4 heteroatoms. The number of rotatable bonds is 8. The van der Waals surface area contributed by atoms with Crippen LogP contribution in [0.25, 0.3) is 0 Å². The molecule has 0 unspecified atom stereocenters. The fraction of sp³-hybridized carbons (Fsp3) is 0.900. The van der Waals surface area contributed by atoms with E-state index in [1.165, 1.54) is 0 Å². The van der Waals surface area contributed by atoms with Gasteiger partial charge in [-0.3, -0.25) is 4.79 Å². The highest BCUT2D eigenvalue weighted by molar-refractivity contribution is 6.17. The van der Waals surface area contributed by atoms with Crippen LogP contribution >= 0.6 is 11.6 Å². The van der Waals surface area contributed by atoms with Gasteiger partial charge in [0.15, 0.2) is 0 Å². The second-order valence-corrected chi connectivity index (χ2v) is 3.99. The van der Waals surface area contributed by atoms with Gasteiger partial charge in [0.2, 0.25) is 5.91 Å². The molecule has 1 N–H and O–H groups in total. The summed E-state index contributed by atoms with van der Waals surface area (Å²) in [6.07, 6.45) is 1.24. The van der Waals surface area contributed by atoms with Crippen molar-refractivity contribution in [3.8, 4) is 0 Å². The molecule has 0 aromatic heterocycles. The highest BCUT2D eigenvalue weighted by atomic mass is 35.5. The summed E-state index contributed by atoms with van der Waals surface area (Å²) < 4.78 is 5.31. The molecule has 3 nitrogen and oxygen atoms in total. The maximum absolute atomic E-state index is 11.1. The van der Waals surface area contributed by atoms with Crippen LogP contribution < -0.4 is 5.32 Å². The van der Waals surface area contributed by atoms with Crippen LogP contribution in [0.5, 0.6) is 0 Å². The minimum atomic E-state index is 0.0544. The number of alkyl halides is 1. The van der Waals surface area contributed by atoms with Gasteiger partial charge < -0.3 is 10.1 Å². The largest absolute Gasteiger partial charge is 0.379 e. The maximum Gasteiger partial charge on any atom is 0.220 e. The molecular formula is C10H20ClNO2. The minimum Gasteiger partial charge on any atom is -0.379 e. The number of carbonyl (C=O) groups is 1. The Bertz CT molecular complexity index is 151. The molecule has 0 fully saturated rings. The van der Waals surface area contributed by atoms with E-state index in [0.717, 1.165) is 13.0 Å². The molecule has 0 atom stereocenters. The highest BCUT2D eigenvalue weighted by Gasteiger charge is 1.99. The predicted octanol–water partition coefficient (Wildman–Crippen LogP) is 1.79. The zero-order chi connectivity index (χ0) is 10.8. The number of halogens is 1. The van der Waals surface area contributed by atoms with Crippen molar-refractivity contribution in [2.45, 2.75) is 26.7 Å². The summed E-state index contributed by atoms with van der Waals surface area (Å²) in [4.78, 5) is 11.1. The lowest BCUT2D eigenvalue weighted by Crippen LogP contribution is -2.27. The summed E-state index contributed by atoms with van der Waals surface area (Å²) in [5.41, 5.74) is 0. The molecule has 84 valence electrons. The van der Waals surface area contributed by atoms with Gasteiger partial charge in [0.05, 0.1) is 6.61 Å². The number of amides is 1. The molecule has 0 heterocycles. The van der Waals surface area contributed by atoms with E-state index >= 15 is 0 Å². The van der Waals surface area contributed by atoms with E-state index in [2.05, 4.69) is 19.2 Å². The Morgan fingerprint density at radius 3 is 2.79 bits per heavy atom. The van der Waals surface area contributed by atoms with Crippen molar-refractivity contribution in [3.05, 3.63) is 0 Å². The molecule has 0 aliphatic rings.